The Kier molecular flexibility index (Phi) is 2.47. The van der Waals surface area contributed by atoms with Crippen molar-refractivity contribution in [2.45, 2.75) is 16.5 Å². The summed E-state index contributed by atoms with van der Waals surface area (Å²) in [5, 5.41) is 1.03. The summed E-state index contributed by atoms with van der Waals surface area (Å²) < 4.78 is 0. The van der Waals surface area contributed by atoms with Crippen molar-refractivity contribution in [1.82, 2.24) is 4.98 Å². The molecule has 0 spiro atoms. The minimum atomic E-state index is 0.518. The van der Waals surface area contributed by atoms with Gasteiger partial charge in [0.15, 0.2) is 0 Å². The van der Waals surface area contributed by atoms with Crippen molar-refractivity contribution in [2.24, 2.45) is 0 Å². The standard InChI is InChI=1S/C11H8ClNS2/c12-5-10-13-11-7-3-1-2-4-8(7)14-6-9(11)15-10/h1-4H,5-6H2. The molecule has 0 bridgehead atoms. The highest BCUT2D eigenvalue weighted by atomic mass is 35.5. The van der Waals surface area contributed by atoms with Crippen molar-refractivity contribution in [3.63, 3.8) is 0 Å². The number of alkyl halides is 1. The van der Waals surface area contributed by atoms with Crippen LogP contribution in [0.2, 0.25) is 0 Å². The molecular weight excluding hydrogens is 246 g/mol. The van der Waals surface area contributed by atoms with Crippen LogP contribution in [0.25, 0.3) is 11.3 Å². The Morgan fingerprint density at radius 2 is 2.20 bits per heavy atom. The zero-order valence-corrected chi connectivity index (χ0v) is 10.3. The summed E-state index contributed by atoms with van der Waals surface area (Å²) in [6.07, 6.45) is 0. The van der Waals surface area contributed by atoms with Crippen LogP contribution in [0, 0.1) is 0 Å². The van der Waals surface area contributed by atoms with E-state index in [2.05, 4.69) is 29.2 Å². The third kappa shape index (κ3) is 1.59. The van der Waals surface area contributed by atoms with Crippen LogP contribution in [0.5, 0.6) is 0 Å². The third-order valence-corrected chi connectivity index (χ3v) is 5.11. The van der Waals surface area contributed by atoms with Crippen LogP contribution in [0.15, 0.2) is 29.2 Å². The predicted octanol–water partition coefficient (Wildman–Crippen LogP) is 4.15. The molecule has 0 N–H and O–H groups in total. The van der Waals surface area contributed by atoms with Crippen LogP contribution in [-0.2, 0) is 11.6 Å². The second-order valence-electron chi connectivity index (χ2n) is 3.30. The highest BCUT2D eigenvalue weighted by Gasteiger charge is 2.20. The molecular formula is C11H8ClNS2. The molecule has 2 aromatic rings. The van der Waals surface area contributed by atoms with Gasteiger partial charge < -0.3 is 0 Å². The van der Waals surface area contributed by atoms with Gasteiger partial charge in [0.1, 0.15) is 5.01 Å². The summed E-state index contributed by atoms with van der Waals surface area (Å²) >= 11 is 9.43. The van der Waals surface area contributed by atoms with Gasteiger partial charge in [0, 0.05) is 21.1 Å². The number of hydrogen-bond donors (Lipinski definition) is 0. The number of halogens is 1. The molecule has 1 nitrogen and oxygen atoms in total. The highest BCUT2D eigenvalue weighted by molar-refractivity contribution is 7.98. The number of rotatable bonds is 1. The van der Waals surface area contributed by atoms with E-state index < -0.39 is 0 Å². The van der Waals surface area contributed by atoms with E-state index in [9.17, 15) is 0 Å². The average Bonchev–Trinajstić information content (AvgIpc) is 2.72. The van der Waals surface area contributed by atoms with Gasteiger partial charge in [-0.2, -0.15) is 0 Å². The number of hydrogen-bond acceptors (Lipinski definition) is 3. The van der Waals surface area contributed by atoms with E-state index in [1.54, 1.807) is 11.3 Å². The van der Waals surface area contributed by atoms with Crippen LogP contribution in [0.3, 0.4) is 0 Å². The zero-order chi connectivity index (χ0) is 10.3. The zero-order valence-electron chi connectivity index (χ0n) is 7.87. The number of aromatic nitrogens is 1. The first-order chi connectivity index (χ1) is 7.38. The second kappa shape index (κ2) is 3.81. The minimum Gasteiger partial charge on any atom is -0.240 e. The maximum Gasteiger partial charge on any atom is 0.108 e. The quantitative estimate of drug-likeness (QED) is 0.708. The lowest BCUT2D eigenvalue weighted by Crippen LogP contribution is -1.92. The predicted molar refractivity (Wildman–Crippen MR) is 66.7 cm³/mol. The van der Waals surface area contributed by atoms with Crippen molar-refractivity contribution in [1.29, 1.82) is 0 Å². The van der Waals surface area contributed by atoms with Crippen LogP contribution < -0.4 is 0 Å². The van der Waals surface area contributed by atoms with Gasteiger partial charge in [-0.3, -0.25) is 0 Å². The molecule has 1 aromatic carbocycles. The van der Waals surface area contributed by atoms with Gasteiger partial charge in [0.25, 0.3) is 0 Å². The molecule has 0 atom stereocenters. The van der Waals surface area contributed by atoms with E-state index >= 15 is 0 Å². The molecule has 76 valence electrons. The number of thioether (sulfide) groups is 1. The van der Waals surface area contributed by atoms with Crippen molar-refractivity contribution >= 4 is 34.7 Å². The maximum absolute atomic E-state index is 5.81. The first-order valence-corrected chi connectivity index (χ1v) is 6.99. The summed E-state index contributed by atoms with van der Waals surface area (Å²) in [5.74, 6) is 1.55. The fourth-order valence-corrected chi connectivity index (χ4v) is 3.98. The lowest BCUT2D eigenvalue weighted by molar-refractivity contribution is 1.22. The Labute approximate surface area is 101 Å². The molecule has 0 saturated carbocycles. The van der Waals surface area contributed by atoms with Crippen LogP contribution in [0.4, 0.5) is 0 Å². The fraction of sp³-hybridized carbons (Fsp3) is 0.182. The van der Waals surface area contributed by atoms with Gasteiger partial charge in [-0.25, -0.2) is 4.98 Å². The lowest BCUT2D eigenvalue weighted by atomic mass is 10.1. The van der Waals surface area contributed by atoms with Crippen LogP contribution in [0.1, 0.15) is 9.88 Å². The normalized spacial score (nSPS) is 13.4. The third-order valence-electron chi connectivity index (χ3n) is 2.36. The maximum atomic E-state index is 5.81. The van der Waals surface area contributed by atoms with Crippen LogP contribution >= 0.6 is 34.7 Å². The molecule has 0 amide bonds. The number of thiazole rings is 1. The van der Waals surface area contributed by atoms with Crippen molar-refractivity contribution in [3.05, 3.63) is 34.2 Å². The van der Waals surface area contributed by atoms with E-state index in [1.165, 1.54) is 15.3 Å². The molecule has 0 fully saturated rings. The molecule has 1 aliphatic rings. The topological polar surface area (TPSA) is 12.9 Å². The molecule has 2 heterocycles. The summed E-state index contributed by atoms with van der Waals surface area (Å²) in [6, 6.07) is 8.43. The molecule has 1 aromatic heterocycles. The molecule has 0 radical (unpaired) electrons. The Balaban J connectivity index is 2.20. The highest BCUT2D eigenvalue weighted by Crippen LogP contribution is 2.43. The van der Waals surface area contributed by atoms with Gasteiger partial charge >= 0.3 is 0 Å². The molecule has 0 saturated heterocycles. The molecule has 3 rings (SSSR count). The molecule has 1 aliphatic heterocycles. The summed E-state index contributed by atoms with van der Waals surface area (Å²) in [4.78, 5) is 7.27. The van der Waals surface area contributed by atoms with Gasteiger partial charge in [0.2, 0.25) is 0 Å². The SMILES string of the molecule is ClCc1nc2c(s1)CSc1ccccc1-2. The van der Waals surface area contributed by atoms with E-state index in [0.29, 0.717) is 5.88 Å². The Bertz CT molecular complexity index is 507. The van der Waals surface area contributed by atoms with Crippen molar-refractivity contribution < 1.29 is 0 Å². The van der Waals surface area contributed by atoms with Gasteiger partial charge in [-0.1, -0.05) is 18.2 Å². The number of fused-ring (bicyclic) bond motifs is 3. The largest absolute Gasteiger partial charge is 0.240 e. The smallest absolute Gasteiger partial charge is 0.108 e. The lowest BCUT2D eigenvalue weighted by Gasteiger charge is -2.13. The monoisotopic (exact) mass is 253 g/mol. The van der Waals surface area contributed by atoms with E-state index in [4.69, 9.17) is 11.6 Å². The molecule has 0 aliphatic carbocycles. The van der Waals surface area contributed by atoms with Crippen molar-refractivity contribution in [3.8, 4) is 11.3 Å². The van der Waals surface area contributed by atoms with Gasteiger partial charge in [-0.15, -0.1) is 34.7 Å². The minimum absolute atomic E-state index is 0.518. The van der Waals surface area contributed by atoms with E-state index in [1.807, 2.05) is 11.8 Å². The number of nitrogens with zero attached hydrogens (tertiary/aromatic N) is 1. The number of benzene rings is 1. The first kappa shape index (κ1) is 9.70. The second-order valence-corrected chi connectivity index (χ2v) is 5.75. The average molecular weight is 254 g/mol. The molecule has 15 heavy (non-hydrogen) atoms. The first-order valence-electron chi connectivity index (χ1n) is 4.65. The molecule has 4 heteroatoms. The van der Waals surface area contributed by atoms with E-state index in [0.717, 1.165) is 16.5 Å². The van der Waals surface area contributed by atoms with Crippen molar-refractivity contribution in [2.75, 3.05) is 0 Å². The Hall–Kier alpha value is -0.510. The summed E-state index contributed by atoms with van der Waals surface area (Å²) in [7, 11) is 0. The van der Waals surface area contributed by atoms with E-state index in [-0.39, 0.29) is 0 Å². The van der Waals surface area contributed by atoms with Gasteiger partial charge in [0.05, 0.1) is 11.6 Å². The Morgan fingerprint density at radius 1 is 1.33 bits per heavy atom. The summed E-state index contributed by atoms with van der Waals surface area (Å²) in [5.41, 5.74) is 2.40. The summed E-state index contributed by atoms with van der Waals surface area (Å²) in [6.45, 7) is 0. The Morgan fingerprint density at radius 3 is 3.07 bits per heavy atom. The fourth-order valence-electron chi connectivity index (χ4n) is 1.70. The van der Waals surface area contributed by atoms with Crippen LogP contribution in [-0.4, -0.2) is 4.98 Å². The van der Waals surface area contributed by atoms with Gasteiger partial charge in [-0.05, 0) is 6.07 Å². The molecule has 0 unspecified atom stereocenters.